The maximum atomic E-state index is 13.6. The third kappa shape index (κ3) is 2.65. The van der Waals surface area contributed by atoms with Crippen molar-refractivity contribution < 1.29 is 9.18 Å². The van der Waals surface area contributed by atoms with Crippen LogP contribution in [0.1, 0.15) is 21.7 Å². The minimum Gasteiger partial charge on any atom is -0.298 e. The van der Waals surface area contributed by atoms with E-state index in [0.717, 1.165) is 0 Å². The van der Waals surface area contributed by atoms with Gasteiger partial charge in [0.05, 0.1) is 10.6 Å². The molecule has 1 aromatic heterocycles. The van der Waals surface area contributed by atoms with E-state index >= 15 is 0 Å². The molecule has 0 unspecified atom stereocenters. The first-order valence-electron chi connectivity index (χ1n) is 4.89. The first kappa shape index (κ1) is 11.7. The number of hydrogen-bond donors (Lipinski definition) is 0. The first-order chi connectivity index (χ1) is 8.20. The number of halogens is 2. The third-order valence-electron chi connectivity index (χ3n) is 2.24. The second-order valence-corrected chi connectivity index (χ2v) is 3.85. The van der Waals surface area contributed by atoms with Crippen LogP contribution in [0, 0.1) is 5.82 Å². The average molecular weight is 251 g/mol. The van der Waals surface area contributed by atoms with Crippen LogP contribution in [0.5, 0.6) is 0 Å². The summed E-state index contributed by atoms with van der Waals surface area (Å²) >= 11 is 5.67. The van der Waals surface area contributed by atoms with Crippen LogP contribution in [0.25, 0.3) is 0 Å². The van der Waals surface area contributed by atoms with E-state index in [2.05, 4.69) is 9.97 Å². The molecule has 0 aliphatic rings. The van der Waals surface area contributed by atoms with Crippen LogP contribution in [-0.2, 0) is 6.42 Å². The van der Waals surface area contributed by atoms with Gasteiger partial charge in [-0.2, -0.15) is 0 Å². The van der Waals surface area contributed by atoms with Gasteiger partial charge in [-0.05, 0) is 11.6 Å². The molecule has 2 rings (SSSR count). The molecule has 0 aliphatic carbocycles. The van der Waals surface area contributed by atoms with Gasteiger partial charge < -0.3 is 0 Å². The number of benzene rings is 1. The highest BCUT2D eigenvalue weighted by atomic mass is 35.5. The van der Waals surface area contributed by atoms with Crippen molar-refractivity contribution in [3.05, 3.63) is 58.4 Å². The molecule has 17 heavy (non-hydrogen) atoms. The Bertz CT molecular complexity index is 543. The molecule has 86 valence electrons. The number of aldehydes is 1. The van der Waals surface area contributed by atoms with Gasteiger partial charge in [0.25, 0.3) is 0 Å². The van der Waals surface area contributed by atoms with Gasteiger partial charge in [0, 0.05) is 18.8 Å². The lowest BCUT2D eigenvalue weighted by Crippen LogP contribution is -1.99. The van der Waals surface area contributed by atoms with Crippen LogP contribution in [0.4, 0.5) is 4.39 Å². The molecule has 2 aromatic rings. The summed E-state index contributed by atoms with van der Waals surface area (Å²) in [5, 5.41) is 0.0759. The summed E-state index contributed by atoms with van der Waals surface area (Å²) in [6, 6.07) is 4.77. The zero-order valence-corrected chi connectivity index (χ0v) is 9.49. The summed E-state index contributed by atoms with van der Waals surface area (Å²) in [6.45, 7) is 0. The van der Waals surface area contributed by atoms with Crippen molar-refractivity contribution in [3.63, 3.8) is 0 Å². The number of carbonyl (C=O) groups is 1. The van der Waals surface area contributed by atoms with Gasteiger partial charge in [0.15, 0.2) is 6.29 Å². The highest BCUT2D eigenvalue weighted by Gasteiger charge is 2.08. The molecule has 0 N–H and O–H groups in total. The molecule has 0 fully saturated rings. The molecule has 0 spiro atoms. The van der Waals surface area contributed by atoms with Gasteiger partial charge in [-0.3, -0.25) is 4.79 Å². The summed E-state index contributed by atoms with van der Waals surface area (Å²) in [5.74, 6) is -0.0194. The normalized spacial score (nSPS) is 10.2. The lowest BCUT2D eigenvalue weighted by atomic mass is 10.1. The molecule has 5 heteroatoms. The van der Waals surface area contributed by atoms with E-state index in [1.54, 1.807) is 12.1 Å². The highest BCUT2D eigenvalue weighted by Crippen LogP contribution is 2.19. The smallest absolute Gasteiger partial charge is 0.153 e. The fourth-order valence-corrected chi connectivity index (χ4v) is 1.57. The van der Waals surface area contributed by atoms with Gasteiger partial charge >= 0.3 is 0 Å². The van der Waals surface area contributed by atoms with Crippen LogP contribution >= 0.6 is 11.6 Å². The maximum Gasteiger partial charge on any atom is 0.153 e. The Balaban J connectivity index is 2.25. The van der Waals surface area contributed by atoms with E-state index < -0.39 is 5.82 Å². The molecule has 0 aliphatic heterocycles. The van der Waals surface area contributed by atoms with Gasteiger partial charge in [0.2, 0.25) is 0 Å². The van der Waals surface area contributed by atoms with Crippen LogP contribution < -0.4 is 0 Å². The van der Waals surface area contributed by atoms with Gasteiger partial charge in [-0.25, -0.2) is 14.4 Å². The van der Waals surface area contributed by atoms with Crippen molar-refractivity contribution >= 4 is 17.9 Å². The summed E-state index contributed by atoms with van der Waals surface area (Å²) in [4.78, 5) is 18.3. The van der Waals surface area contributed by atoms with E-state index in [0.29, 0.717) is 23.2 Å². The Labute approximate surface area is 102 Å². The molecule has 1 heterocycles. The minimum atomic E-state index is -0.461. The Morgan fingerprint density at radius 1 is 1.29 bits per heavy atom. The van der Waals surface area contributed by atoms with Crippen LogP contribution in [0.15, 0.2) is 30.6 Å². The van der Waals surface area contributed by atoms with Crippen LogP contribution in [0.2, 0.25) is 5.02 Å². The largest absolute Gasteiger partial charge is 0.298 e. The molecule has 0 saturated carbocycles. The predicted molar refractivity (Wildman–Crippen MR) is 61.6 cm³/mol. The molecular weight excluding hydrogens is 243 g/mol. The molecule has 0 radical (unpaired) electrons. The fourth-order valence-electron chi connectivity index (χ4n) is 1.37. The summed E-state index contributed by atoms with van der Waals surface area (Å²) in [6.07, 6.45) is 3.70. The number of hydrogen-bond acceptors (Lipinski definition) is 3. The second kappa shape index (κ2) is 5.01. The molecule has 0 saturated heterocycles. The van der Waals surface area contributed by atoms with E-state index in [1.165, 1.54) is 18.5 Å². The monoisotopic (exact) mass is 250 g/mol. The summed E-state index contributed by atoms with van der Waals surface area (Å²) in [5.41, 5.74) is 0.816. The summed E-state index contributed by atoms with van der Waals surface area (Å²) < 4.78 is 13.6. The molecule has 0 atom stereocenters. The number of nitrogens with zero attached hydrogens (tertiary/aromatic N) is 2. The standard InChI is InChI=1S/C12H8ClFN2O/c13-10-3-1-2-9(12(10)14)4-11-15-5-8(7-17)6-16-11/h1-3,5-7H,4H2. The Kier molecular flexibility index (Phi) is 3.44. The van der Waals surface area contributed by atoms with Crippen molar-refractivity contribution in [2.24, 2.45) is 0 Å². The molecular formula is C12H8ClFN2O. The quantitative estimate of drug-likeness (QED) is 0.787. The minimum absolute atomic E-state index is 0.0759. The Morgan fingerprint density at radius 2 is 2.00 bits per heavy atom. The number of carbonyl (C=O) groups excluding carboxylic acids is 1. The number of aromatic nitrogens is 2. The van der Waals surface area contributed by atoms with Crippen molar-refractivity contribution in [2.75, 3.05) is 0 Å². The van der Waals surface area contributed by atoms with Gasteiger partial charge in [0.1, 0.15) is 11.6 Å². The van der Waals surface area contributed by atoms with E-state index in [4.69, 9.17) is 11.6 Å². The molecule has 0 bridgehead atoms. The van der Waals surface area contributed by atoms with E-state index in [1.807, 2.05) is 0 Å². The lowest BCUT2D eigenvalue weighted by molar-refractivity contribution is 0.112. The fraction of sp³-hybridized carbons (Fsp3) is 0.0833. The summed E-state index contributed by atoms with van der Waals surface area (Å²) in [7, 11) is 0. The Morgan fingerprint density at radius 3 is 2.65 bits per heavy atom. The lowest BCUT2D eigenvalue weighted by Gasteiger charge is -2.03. The van der Waals surface area contributed by atoms with E-state index in [9.17, 15) is 9.18 Å². The zero-order chi connectivity index (χ0) is 12.3. The van der Waals surface area contributed by atoms with Gasteiger partial charge in [-0.1, -0.05) is 23.7 Å². The van der Waals surface area contributed by atoms with Crippen molar-refractivity contribution in [1.82, 2.24) is 9.97 Å². The third-order valence-corrected chi connectivity index (χ3v) is 2.53. The zero-order valence-electron chi connectivity index (χ0n) is 8.73. The topological polar surface area (TPSA) is 42.9 Å². The molecule has 0 amide bonds. The van der Waals surface area contributed by atoms with Gasteiger partial charge in [-0.15, -0.1) is 0 Å². The molecule has 3 nitrogen and oxygen atoms in total. The maximum absolute atomic E-state index is 13.6. The van der Waals surface area contributed by atoms with Crippen LogP contribution in [0.3, 0.4) is 0 Å². The first-order valence-corrected chi connectivity index (χ1v) is 5.27. The van der Waals surface area contributed by atoms with Crippen molar-refractivity contribution in [1.29, 1.82) is 0 Å². The number of rotatable bonds is 3. The molecule has 1 aromatic carbocycles. The van der Waals surface area contributed by atoms with Crippen molar-refractivity contribution in [3.8, 4) is 0 Å². The van der Waals surface area contributed by atoms with E-state index in [-0.39, 0.29) is 11.4 Å². The predicted octanol–water partition coefficient (Wildman–Crippen LogP) is 2.67. The highest BCUT2D eigenvalue weighted by molar-refractivity contribution is 6.30. The Hall–Kier alpha value is -1.81. The average Bonchev–Trinajstić information content (AvgIpc) is 2.36. The second-order valence-electron chi connectivity index (χ2n) is 3.44. The SMILES string of the molecule is O=Cc1cnc(Cc2cccc(Cl)c2F)nc1. The van der Waals surface area contributed by atoms with Crippen LogP contribution in [-0.4, -0.2) is 16.3 Å². The van der Waals surface area contributed by atoms with Crippen molar-refractivity contribution in [2.45, 2.75) is 6.42 Å².